The van der Waals surface area contributed by atoms with Gasteiger partial charge in [-0.3, -0.25) is 4.79 Å². The molecule has 0 aliphatic carbocycles. The number of nitrogens with zero attached hydrogens (tertiary/aromatic N) is 1. The van der Waals surface area contributed by atoms with E-state index in [1.54, 1.807) is 17.0 Å². The molecule has 0 saturated carbocycles. The van der Waals surface area contributed by atoms with Crippen molar-refractivity contribution in [1.29, 1.82) is 0 Å². The van der Waals surface area contributed by atoms with Crippen LogP contribution in [-0.4, -0.2) is 30.4 Å². The summed E-state index contributed by atoms with van der Waals surface area (Å²) in [5, 5.41) is 0. The van der Waals surface area contributed by atoms with Gasteiger partial charge in [-0.1, -0.05) is 18.2 Å². The van der Waals surface area contributed by atoms with Crippen LogP contribution in [0.15, 0.2) is 24.3 Å². The number of amides is 1. The fourth-order valence-corrected chi connectivity index (χ4v) is 2.04. The lowest BCUT2D eigenvalue weighted by Gasteiger charge is -2.17. The van der Waals surface area contributed by atoms with Crippen LogP contribution < -0.4 is 0 Å². The van der Waals surface area contributed by atoms with Crippen LogP contribution in [0.1, 0.15) is 28.8 Å². The fraction of sp³-hybridized carbons (Fsp3) is 0.385. The number of hydrogen-bond donors (Lipinski definition) is 0. The zero-order chi connectivity index (χ0) is 12.3. The summed E-state index contributed by atoms with van der Waals surface area (Å²) in [5.74, 6) is -0.197. The van der Waals surface area contributed by atoms with Crippen molar-refractivity contribution in [2.24, 2.45) is 0 Å². The molecule has 1 amide bonds. The number of esters is 1. The number of carbonyl (C=O) groups excluding carboxylic acids is 2. The Balaban J connectivity index is 2.20. The van der Waals surface area contributed by atoms with Crippen molar-refractivity contribution in [2.75, 3.05) is 13.7 Å². The van der Waals surface area contributed by atoms with Crippen molar-refractivity contribution in [3.63, 3.8) is 0 Å². The van der Waals surface area contributed by atoms with Gasteiger partial charge < -0.3 is 9.64 Å². The summed E-state index contributed by atoms with van der Waals surface area (Å²) in [5.41, 5.74) is 1.38. The average molecular weight is 233 g/mol. The lowest BCUT2D eigenvalue weighted by molar-refractivity contribution is -0.128. The van der Waals surface area contributed by atoms with E-state index in [0.717, 1.165) is 18.5 Å². The van der Waals surface area contributed by atoms with Crippen LogP contribution >= 0.6 is 0 Å². The van der Waals surface area contributed by atoms with Crippen molar-refractivity contribution in [1.82, 2.24) is 4.90 Å². The second-order valence-corrected chi connectivity index (χ2v) is 4.07. The first-order chi connectivity index (χ1) is 8.22. The van der Waals surface area contributed by atoms with Gasteiger partial charge in [0.15, 0.2) is 0 Å². The number of methoxy groups -OCH3 is 1. The summed E-state index contributed by atoms with van der Waals surface area (Å²) in [7, 11) is 1.36. The molecule has 1 aromatic carbocycles. The first-order valence-corrected chi connectivity index (χ1v) is 5.66. The van der Waals surface area contributed by atoms with Gasteiger partial charge in [0.2, 0.25) is 5.91 Å². The third-order valence-corrected chi connectivity index (χ3v) is 2.96. The summed E-state index contributed by atoms with van der Waals surface area (Å²) >= 11 is 0. The van der Waals surface area contributed by atoms with Crippen LogP contribution in [-0.2, 0) is 16.1 Å². The summed E-state index contributed by atoms with van der Waals surface area (Å²) in [6.07, 6.45) is 1.51. The number of ether oxygens (including phenoxy) is 1. The molecular formula is C13H15NO3. The third-order valence-electron chi connectivity index (χ3n) is 2.96. The largest absolute Gasteiger partial charge is 0.465 e. The zero-order valence-corrected chi connectivity index (χ0v) is 9.81. The monoisotopic (exact) mass is 233 g/mol. The Bertz CT molecular complexity index is 442. The van der Waals surface area contributed by atoms with Gasteiger partial charge in [-0.2, -0.15) is 0 Å². The molecule has 1 fully saturated rings. The standard InChI is InChI=1S/C13H15NO3/c1-17-13(16)11-6-3-2-5-10(11)9-14-8-4-7-12(14)15/h2-3,5-6H,4,7-9H2,1H3. The van der Waals surface area contributed by atoms with Gasteiger partial charge in [-0.15, -0.1) is 0 Å². The molecule has 0 aromatic heterocycles. The first kappa shape index (κ1) is 11.6. The quantitative estimate of drug-likeness (QED) is 0.745. The molecule has 1 aromatic rings. The predicted octanol–water partition coefficient (Wildman–Crippen LogP) is 1.60. The van der Waals surface area contributed by atoms with Crippen molar-refractivity contribution in [2.45, 2.75) is 19.4 Å². The molecule has 0 radical (unpaired) electrons. The summed E-state index contributed by atoms with van der Waals surface area (Å²) < 4.78 is 4.73. The minimum Gasteiger partial charge on any atom is -0.465 e. The van der Waals surface area contributed by atoms with Gasteiger partial charge in [0.05, 0.1) is 12.7 Å². The highest BCUT2D eigenvalue weighted by atomic mass is 16.5. The molecule has 4 nitrogen and oxygen atoms in total. The highest BCUT2D eigenvalue weighted by Crippen LogP contribution is 2.17. The molecule has 2 rings (SSSR count). The molecule has 0 bridgehead atoms. The molecule has 1 aliphatic heterocycles. The molecule has 0 unspecified atom stereocenters. The van der Waals surface area contributed by atoms with E-state index < -0.39 is 0 Å². The van der Waals surface area contributed by atoms with Crippen molar-refractivity contribution in [3.05, 3.63) is 35.4 Å². The number of carbonyl (C=O) groups is 2. The van der Waals surface area contributed by atoms with Gasteiger partial charge in [0.25, 0.3) is 0 Å². The lowest BCUT2D eigenvalue weighted by Crippen LogP contribution is -2.25. The van der Waals surface area contributed by atoms with Gasteiger partial charge >= 0.3 is 5.97 Å². The minimum absolute atomic E-state index is 0.157. The van der Waals surface area contributed by atoms with E-state index in [4.69, 9.17) is 4.74 Å². The maximum absolute atomic E-state index is 11.6. The second-order valence-electron chi connectivity index (χ2n) is 4.07. The molecule has 4 heteroatoms. The predicted molar refractivity (Wildman–Crippen MR) is 62.4 cm³/mol. The van der Waals surface area contributed by atoms with Crippen LogP contribution in [0, 0.1) is 0 Å². The van der Waals surface area contributed by atoms with Gasteiger partial charge in [0, 0.05) is 19.5 Å². The van der Waals surface area contributed by atoms with E-state index in [1.807, 2.05) is 12.1 Å². The Morgan fingerprint density at radius 1 is 1.41 bits per heavy atom. The first-order valence-electron chi connectivity index (χ1n) is 5.66. The topological polar surface area (TPSA) is 46.6 Å². The molecular weight excluding hydrogens is 218 g/mol. The fourth-order valence-electron chi connectivity index (χ4n) is 2.04. The maximum atomic E-state index is 11.6. The smallest absolute Gasteiger partial charge is 0.338 e. The molecule has 1 heterocycles. The summed E-state index contributed by atoms with van der Waals surface area (Å²) in [4.78, 5) is 24.9. The molecule has 0 atom stereocenters. The van der Waals surface area contributed by atoms with Gasteiger partial charge in [-0.25, -0.2) is 4.79 Å². The van der Waals surface area contributed by atoms with Gasteiger partial charge in [-0.05, 0) is 18.1 Å². The minimum atomic E-state index is -0.354. The Labute approximate surface area is 100 Å². The van der Waals surface area contributed by atoms with E-state index in [9.17, 15) is 9.59 Å². The Morgan fingerprint density at radius 2 is 2.18 bits per heavy atom. The Kier molecular flexibility index (Phi) is 3.42. The molecule has 90 valence electrons. The van der Waals surface area contributed by atoms with E-state index in [0.29, 0.717) is 18.5 Å². The Morgan fingerprint density at radius 3 is 2.82 bits per heavy atom. The molecule has 1 aliphatic rings. The highest BCUT2D eigenvalue weighted by molar-refractivity contribution is 5.91. The van der Waals surface area contributed by atoms with Crippen LogP contribution in [0.2, 0.25) is 0 Å². The van der Waals surface area contributed by atoms with Crippen LogP contribution in [0.4, 0.5) is 0 Å². The summed E-state index contributed by atoms with van der Waals surface area (Å²) in [6, 6.07) is 7.24. The van der Waals surface area contributed by atoms with E-state index in [1.165, 1.54) is 7.11 Å². The van der Waals surface area contributed by atoms with Crippen LogP contribution in [0.3, 0.4) is 0 Å². The van der Waals surface area contributed by atoms with Gasteiger partial charge in [0.1, 0.15) is 0 Å². The third kappa shape index (κ3) is 2.46. The van der Waals surface area contributed by atoms with Crippen LogP contribution in [0.5, 0.6) is 0 Å². The Hall–Kier alpha value is -1.84. The summed E-state index contributed by atoms with van der Waals surface area (Å²) in [6.45, 7) is 1.26. The molecule has 0 N–H and O–H groups in total. The number of likely N-dealkylation sites (tertiary alicyclic amines) is 1. The molecule has 1 saturated heterocycles. The average Bonchev–Trinajstić information content (AvgIpc) is 2.75. The van der Waals surface area contributed by atoms with E-state index >= 15 is 0 Å². The molecule has 0 spiro atoms. The molecule has 17 heavy (non-hydrogen) atoms. The van der Waals surface area contributed by atoms with Crippen LogP contribution in [0.25, 0.3) is 0 Å². The van der Waals surface area contributed by atoms with E-state index in [-0.39, 0.29) is 11.9 Å². The number of hydrogen-bond acceptors (Lipinski definition) is 3. The maximum Gasteiger partial charge on any atom is 0.338 e. The lowest BCUT2D eigenvalue weighted by atomic mass is 10.1. The highest BCUT2D eigenvalue weighted by Gasteiger charge is 2.22. The number of rotatable bonds is 3. The van der Waals surface area contributed by atoms with Crippen molar-refractivity contribution >= 4 is 11.9 Å². The SMILES string of the molecule is COC(=O)c1ccccc1CN1CCCC1=O. The number of benzene rings is 1. The van der Waals surface area contributed by atoms with Crippen molar-refractivity contribution < 1.29 is 14.3 Å². The van der Waals surface area contributed by atoms with Crippen molar-refractivity contribution in [3.8, 4) is 0 Å². The normalized spacial score (nSPS) is 15.1. The van der Waals surface area contributed by atoms with E-state index in [2.05, 4.69) is 0 Å². The zero-order valence-electron chi connectivity index (χ0n) is 9.81. The second kappa shape index (κ2) is 4.99.